The van der Waals surface area contributed by atoms with Crippen LogP contribution in [0, 0.1) is 0 Å². The number of rotatable bonds is 37. The van der Waals surface area contributed by atoms with Crippen molar-refractivity contribution in [2.24, 2.45) is 0 Å². The number of halogens is 1. The first-order chi connectivity index (χ1) is 20.7. The maximum absolute atomic E-state index is 6.14. The van der Waals surface area contributed by atoms with Crippen LogP contribution in [0.3, 0.4) is 0 Å². The van der Waals surface area contributed by atoms with E-state index in [9.17, 15) is 0 Å². The normalized spacial score (nSPS) is 12.3. The lowest BCUT2D eigenvalue weighted by Gasteiger charge is -2.36. The van der Waals surface area contributed by atoms with Crippen LogP contribution in [0.4, 0.5) is 0 Å². The van der Waals surface area contributed by atoms with Gasteiger partial charge in [-0.3, -0.25) is 0 Å². The molecule has 0 aliphatic heterocycles. The molecule has 0 aliphatic rings. The van der Waals surface area contributed by atoms with Gasteiger partial charge in [-0.2, -0.15) is 0 Å². The van der Waals surface area contributed by atoms with E-state index in [0.717, 1.165) is 5.88 Å². The molecule has 0 unspecified atom stereocenters. The van der Waals surface area contributed by atoms with E-state index in [4.69, 9.17) is 11.6 Å². The Morgan fingerprint density at radius 3 is 0.786 bits per heavy atom. The standard InChI is InChI=1S/C39H83ClNSi/c1-4-6-8-10-12-14-16-18-20-22-24-26-28-30-32-34-37-41(3,42-39-36-40)38-35-33-31-29-27-25-23-21-19-17-15-13-11-9-7-5-2/h4-39,42H2,1-3H3/q+1. The van der Waals surface area contributed by atoms with Crippen LogP contribution in [-0.4, -0.2) is 39.8 Å². The number of nitrogens with zero attached hydrogens (tertiary/aromatic N) is 1. The second kappa shape index (κ2) is 35.9. The molecular formula is C39H83ClNSi+. The average Bonchev–Trinajstić information content (AvgIpc) is 2.99. The molecular weight excluding hydrogens is 546 g/mol. The summed E-state index contributed by atoms with van der Waals surface area (Å²) in [6.45, 7) is 7.48. The number of hydrogen-bond donors (Lipinski definition) is 0. The fourth-order valence-corrected chi connectivity index (χ4v) is 9.00. The van der Waals surface area contributed by atoms with Crippen LogP contribution in [0.1, 0.15) is 219 Å². The van der Waals surface area contributed by atoms with E-state index < -0.39 is 0 Å². The molecule has 0 rings (SSSR count). The highest BCUT2D eigenvalue weighted by Gasteiger charge is 2.20. The van der Waals surface area contributed by atoms with Gasteiger partial charge in [0, 0.05) is 11.9 Å². The summed E-state index contributed by atoms with van der Waals surface area (Å²) < 4.78 is 1.41. The topological polar surface area (TPSA) is 0 Å². The van der Waals surface area contributed by atoms with E-state index in [2.05, 4.69) is 20.9 Å². The van der Waals surface area contributed by atoms with Crippen molar-refractivity contribution in [2.45, 2.75) is 225 Å². The molecule has 0 amide bonds. The minimum atomic E-state index is -0.0974. The van der Waals surface area contributed by atoms with Gasteiger partial charge in [-0.25, -0.2) is 0 Å². The first-order valence-corrected chi connectivity index (χ1v) is 22.2. The van der Waals surface area contributed by atoms with Gasteiger partial charge in [-0.15, -0.1) is 11.6 Å². The largest absolute Gasteiger partial charge is 0.390 e. The Labute approximate surface area is 276 Å². The molecule has 0 N–H and O–H groups in total. The summed E-state index contributed by atoms with van der Waals surface area (Å²) in [5, 5.41) is 0. The molecule has 0 spiro atoms. The fraction of sp³-hybridized carbons (Fsp3) is 1.00. The van der Waals surface area contributed by atoms with E-state index in [1.54, 1.807) is 0 Å². The molecule has 0 saturated carbocycles. The molecule has 42 heavy (non-hydrogen) atoms. The molecule has 254 valence electrons. The van der Waals surface area contributed by atoms with Crippen LogP contribution in [0.5, 0.6) is 0 Å². The number of hydrogen-bond acceptors (Lipinski definition) is 0. The highest BCUT2D eigenvalue weighted by atomic mass is 35.5. The Hall–Kier alpha value is 0.467. The Morgan fingerprint density at radius 1 is 0.357 bits per heavy atom. The zero-order valence-electron chi connectivity index (χ0n) is 30.0. The van der Waals surface area contributed by atoms with Crippen LogP contribution in [-0.2, 0) is 0 Å². The Balaban J connectivity index is 3.58. The molecule has 0 radical (unpaired) electrons. The molecule has 0 atom stereocenters. The third-order valence-corrected chi connectivity index (χ3v) is 13.0. The van der Waals surface area contributed by atoms with Crippen LogP contribution >= 0.6 is 11.6 Å². The Bertz CT molecular complexity index is 449. The third kappa shape index (κ3) is 33.4. The Morgan fingerprint density at radius 2 is 0.571 bits per heavy atom. The van der Waals surface area contributed by atoms with Gasteiger partial charge in [-0.1, -0.05) is 194 Å². The SMILES string of the molecule is CCCCCCCCCCCCCCCCCC[N+](C)(CCCCCCCCCCCCCCCCCC)[SiH2]CCCl. The van der Waals surface area contributed by atoms with E-state index in [1.807, 2.05) is 0 Å². The summed E-state index contributed by atoms with van der Waals surface area (Å²) in [6, 6.07) is 1.32. The van der Waals surface area contributed by atoms with Crippen molar-refractivity contribution in [3.63, 3.8) is 0 Å². The lowest BCUT2D eigenvalue weighted by atomic mass is 10.0. The summed E-state index contributed by atoms with van der Waals surface area (Å²) in [7, 11) is 2.48. The average molecular weight is 630 g/mol. The van der Waals surface area contributed by atoms with Gasteiger partial charge in [-0.05, 0) is 25.7 Å². The highest BCUT2D eigenvalue weighted by molar-refractivity contribution is 6.30. The van der Waals surface area contributed by atoms with Crippen molar-refractivity contribution >= 4 is 21.3 Å². The molecule has 1 nitrogen and oxygen atoms in total. The predicted octanol–water partition coefficient (Wildman–Crippen LogP) is 13.7. The smallest absolute Gasteiger partial charge is 0.256 e. The molecule has 0 aromatic rings. The summed E-state index contributed by atoms with van der Waals surface area (Å²) in [4.78, 5) is 0. The lowest BCUT2D eigenvalue weighted by molar-refractivity contribution is -0.802. The van der Waals surface area contributed by atoms with Crippen molar-refractivity contribution in [3.8, 4) is 0 Å². The Kier molecular flexibility index (Phi) is 36.3. The van der Waals surface area contributed by atoms with E-state index >= 15 is 0 Å². The van der Waals surface area contributed by atoms with Crippen molar-refractivity contribution in [1.29, 1.82) is 0 Å². The summed E-state index contributed by atoms with van der Waals surface area (Å²) in [5.74, 6) is 0.887. The maximum atomic E-state index is 6.14. The van der Waals surface area contributed by atoms with Crippen LogP contribution < -0.4 is 0 Å². The fourth-order valence-electron chi connectivity index (χ4n) is 6.86. The molecule has 0 aliphatic carbocycles. The minimum absolute atomic E-state index is 0.0974. The van der Waals surface area contributed by atoms with Crippen molar-refractivity contribution < 1.29 is 4.15 Å². The second-order valence-corrected chi connectivity index (χ2v) is 17.5. The molecule has 0 saturated heterocycles. The quantitative estimate of drug-likeness (QED) is 0.0364. The first-order valence-electron chi connectivity index (χ1n) is 20.1. The molecule has 0 aromatic carbocycles. The van der Waals surface area contributed by atoms with Crippen LogP contribution in [0.2, 0.25) is 6.04 Å². The first kappa shape index (κ1) is 42.5. The predicted molar refractivity (Wildman–Crippen MR) is 199 cm³/mol. The van der Waals surface area contributed by atoms with Gasteiger partial charge in [0.15, 0.2) is 0 Å². The number of quaternary nitrogens is 1. The second-order valence-electron chi connectivity index (χ2n) is 14.4. The molecule has 0 aromatic heterocycles. The molecule has 0 heterocycles. The van der Waals surface area contributed by atoms with E-state index in [-0.39, 0.29) is 9.68 Å². The van der Waals surface area contributed by atoms with Crippen LogP contribution in [0.25, 0.3) is 0 Å². The van der Waals surface area contributed by atoms with Crippen molar-refractivity contribution in [2.75, 3.05) is 26.0 Å². The maximum Gasteiger partial charge on any atom is 0.256 e. The zero-order chi connectivity index (χ0) is 30.7. The van der Waals surface area contributed by atoms with Gasteiger partial charge in [0.05, 0.1) is 20.1 Å². The summed E-state index contributed by atoms with van der Waals surface area (Å²) in [6.07, 6.45) is 46.8. The van der Waals surface area contributed by atoms with E-state index in [0.29, 0.717) is 0 Å². The van der Waals surface area contributed by atoms with Crippen molar-refractivity contribution in [3.05, 3.63) is 0 Å². The lowest BCUT2D eigenvalue weighted by Crippen LogP contribution is -2.48. The zero-order valence-corrected chi connectivity index (χ0v) is 32.2. The third-order valence-electron chi connectivity index (χ3n) is 9.93. The summed E-state index contributed by atoms with van der Waals surface area (Å²) >= 11 is 6.14. The minimum Gasteiger partial charge on any atom is -0.390 e. The van der Waals surface area contributed by atoms with Gasteiger partial charge in [0.25, 0.3) is 9.68 Å². The molecule has 0 bridgehead atoms. The van der Waals surface area contributed by atoms with Gasteiger partial charge in [0.1, 0.15) is 0 Å². The number of alkyl halides is 1. The van der Waals surface area contributed by atoms with E-state index in [1.165, 1.54) is 229 Å². The number of unbranched alkanes of at least 4 members (excludes halogenated alkanes) is 30. The van der Waals surface area contributed by atoms with Crippen molar-refractivity contribution in [1.82, 2.24) is 0 Å². The van der Waals surface area contributed by atoms with Gasteiger partial charge < -0.3 is 4.15 Å². The van der Waals surface area contributed by atoms with Gasteiger partial charge >= 0.3 is 0 Å². The summed E-state index contributed by atoms with van der Waals surface area (Å²) in [5.41, 5.74) is 0. The van der Waals surface area contributed by atoms with Gasteiger partial charge in [0.2, 0.25) is 0 Å². The van der Waals surface area contributed by atoms with Crippen LogP contribution in [0.15, 0.2) is 0 Å². The molecule has 0 fully saturated rings. The monoisotopic (exact) mass is 629 g/mol. The highest BCUT2D eigenvalue weighted by Crippen LogP contribution is 2.17. The molecule has 3 heteroatoms.